The second kappa shape index (κ2) is 5.23. The molecule has 1 aliphatic rings. The molecular weight excluding hydrogens is 298 g/mol. The van der Waals surface area contributed by atoms with Gasteiger partial charge in [-0.3, -0.25) is 4.79 Å². The smallest absolute Gasteiger partial charge is 0.231 e. The van der Waals surface area contributed by atoms with E-state index in [4.69, 9.17) is 14.7 Å². The predicted octanol–water partition coefficient (Wildman–Crippen LogP) is 3.06. The number of halogens is 1. The van der Waals surface area contributed by atoms with Crippen LogP contribution in [0.3, 0.4) is 0 Å². The van der Waals surface area contributed by atoms with Gasteiger partial charge in [-0.25, -0.2) is 0 Å². The summed E-state index contributed by atoms with van der Waals surface area (Å²) in [7, 11) is 0. The van der Waals surface area contributed by atoms with Crippen molar-refractivity contribution in [2.24, 2.45) is 0 Å². The van der Waals surface area contributed by atoms with Gasteiger partial charge in [0.1, 0.15) is 6.07 Å². The quantitative estimate of drug-likeness (QED) is 0.636. The number of nitrogens with zero attached hydrogens (tertiary/aromatic N) is 1. The Morgan fingerprint density at radius 1 is 1.50 bits per heavy atom. The third kappa shape index (κ3) is 2.39. The minimum atomic E-state index is -0.179. The zero-order valence-electron chi connectivity index (χ0n) is 9.70. The molecule has 5 heteroatoms. The van der Waals surface area contributed by atoms with E-state index in [1.54, 1.807) is 25.1 Å². The number of nitriles is 1. The minimum Gasteiger partial charge on any atom is -0.454 e. The molecule has 1 aliphatic heterocycles. The highest BCUT2D eigenvalue weighted by Crippen LogP contribution is 2.37. The van der Waals surface area contributed by atoms with Crippen LogP contribution in [0, 0.1) is 11.3 Å². The molecular formula is C13H10BrNO3. The third-order valence-electron chi connectivity index (χ3n) is 2.53. The summed E-state index contributed by atoms with van der Waals surface area (Å²) in [5.41, 5.74) is 0.856. The highest BCUT2D eigenvalue weighted by molar-refractivity contribution is 9.10. The van der Waals surface area contributed by atoms with Crippen LogP contribution < -0.4 is 9.47 Å². The second-order valence-corrected chi connectivity index (χ2v) is 4.53. The van der Waals surface area contributed by atoms with Gasteiger partial charge in [0.05, 0.1) is 5.57 Å². The zero-order valence-corrected chi connectivity index (χ0v) is 11.3. The molecule has 18 heavy (non-hydrogen) atoms. The van der Waals surface area contributed by atoms with Crippen LogP contribution in [-0.2, 0) is 4.79 Å². The summed E-state index contributed by atoms with van der Waals surface area (Å²) in [5, 5.41) is 8.96. The van der Waals surface area contributed by atoms with E-state index in [2.05, 4.69) is 15.9 Å². The first-order chi connectivity index (χ1) is 8.65. The Hall–Kier alpha value is -1.80. The summed E-state index contributed by atoms with van der Waals surface area (Å²) in [6.07, 6.45) is 1.86. The number of ketones is 1. The van der Waals surface area contributed by atoms with E-state index < -0.39 is 0 Å². The molecule has 1 heterocycles. The molecule has 4 nitrogen and oxygen atoms in total. The maximum absolute atomic E-state index is 11.5. The average Bonchev–Trinajstić information content (AvgIpc) is 2.81. The molecule has 1 aromatic carbocycles. The zero-order chi connectivity index (χ0) is 13.1. The normalized spacial score (nSPS) is 13.3. The van der Waals surface area contributed by atoms with E-state index in [-0.39, 0.29) is 18.1 Å². The number of Topliss-reactive ketones (excluding diaryl/α,β-unsaturated/α-hetero) is 1. The fourth-order valence-electron chi connectivity index (χ4n) is 1.56. The van der Waals surface area contributed by atoms with Gasteiger partial charge in [-0.15, -0.1) is 0 Å². The van der Waals surface area contributed by atoms with Crippen molar-refractivity contribution in [3.63, 3.8) is 0 Å². The first-order valence-electron chi connectivity index (χ1n) is 5.40. The van der Waals surface area contributed by atoms with Gasteiger partial charge in [-0.1, -0.05) is 22.9 Å². The number of rotatable bonds is 3. The molecule has 0 aliphatic carbocycles. The van der Waals surface area contributed by atoms with E-state index in [1.807, 2.05) is 6.07 Å². The van der Waals surface area contributed by atoms with Crippen LogP contribution >= 0.6 is 15.9 Å². The van der Waals surface area contributed by atoms with Crippen LogP contribution in [0.2, 0.25) is 0 Å². The highest BCUT2D eigenvalue weighted by Gasteiger charge is 2.16. The number of ether oxygens (including phenoxy) is 2. The summed E-state index contributed by atoms with van der Waals surface area (Å²) in [6, 6.07) is 5.42. The van der Waals surface area contributed by atoms with Crippen molar-refractivity contribution in [3.05, 3.63) is 27.7 Å². The Morgan fingerprint density at radius 2 is 2.17 bits per heavy atom. The number of carbonyl (C=O) groups is 1. The minimum absolute atomic E-state index is 0.136. The van der Waals surface area contributed by atoms with Crippen molar-refractivity contribution in [2.75, 3.05) is 6.79 Å². The second-order valence-electron chi connectivity index (χ2n) is 3.67. The van der Waals surface area contributed by atoms with Gasteiger partial charge in [0.2, 0.25) is 6.79 Å². The molecule has 0 spiro atoms. The van der Waals surface area contributed by atoms with Crippen molar-refractivity contribution in [1.29, 1.82) is 5.26 Å². The molecule has 0 saturated heterocycles. The van der Waals surface area contributed by atoms with Crippen molar-refractivity contribution >= 4 is 27.8 Å². The van der Waals surface area contributed by atoms with Crippen molar-refractivity contribution in [1.82, 2.24) is 0 Å². The lowest BCUT2D eigenvalue weighted by molar-refractivity contribution is -0.114. The van der Waals surface area contributed by atoms with Crippen LogP contribution in [0.25, 0.3) is 6.08 Å². The number of hydrogen-bond acceptors (Lipinski definition) is 4. The summed E-state index contributed by atoms with van der Waals surface area (Å²) < 4.78 is 11.2. The Bertz CT molecular complexity index is 572. The van der Waals surface area contributed by atoms with E-state index in [0.717, 1.165) is 10.0 Å². The number of benzene rings is 1. The van der Waals surface area contributed by atoms with Crippen LogP contribution in [0.4, 0.5) is 0 Å². The van der Waals surface area contributed by atoms with Crippen LogP contribution in [0.15, 0.2) is 22.2 Å². The van der Waals surface area contributed by atoms with E-state index >= 15 is 0 Å². The van der Waals surface area contributed by atoms with Crippen molar-refractivity contribution in [3.8, 4) is 17.6 Å². The maximum Gasteiger partial charge on any atom is 0.231 e. The number of allylic oxidation sites excluding steroid dienone is 1. The Morgan fingerprint density at radius 3 is 2.78 bits per heavy atom. The first kappa shape index (κ1) is 12.7. The summed E-state index contributed by atoms with van der Waals surface area (Å²) >= 11 is 3.38. The first-order valence-corrected chi connectivity index (χ1v) is 6.19. The fourth-order valence-corrected chi connectivity index (χ4v) is 2.00. The molecule has 0 amide bonds. The Kier molecular flexibility index (Phi) is 3.68. The molecule has 0 unspecified atom stereocenters. The molecule has 2 rings (SSSR count). The molecule has 0 bridgehead atoms. The molecule has 0 N–H and O–H groups in total. The Balaban J connectivity index is 2.43. The van der Waals surface area contributed by atoms with Crippen molar-refractivity contribution in [2.45, 2.75) is 13.3 Å². The largest absolute Gasteiger partial charge is 0.454 e. The lowest BCUT2D eigenvalue weighted by atomic mass is 10.1. The maximum atomic E-state index is 11.5. The highest BCUT2D eigenvalue weighted by atomic mass is 79.9. The van der Waals surface area contributed by atoms with Gasteiger partial charge < -0.3 is 9.47 Å². The third-order valence-corrected chi connectivity index (χ3v) is 3.22. The molecule has 0 saturated carbocycles. The molecule has 0 fully saturated rings. The van der Waals surface area contributed by atoms with Gasteiger partial charge in [0.15, 0.2) is 17.3 Å². The molecule has 0 radical (unpaired) electrons. The van der Waals surface area contributed by atoms with Gasteiger partial charge in [-0.05, 0) is 23.8 Å². The van der Waals surface area contributed by atoms with Gasteiger partial charge in [-0.2, -0.15) is 5.26 Å². The fraction of sp³-hybridized carbons (Fsp3) is 0.231. The summed E-state index contributed by atoms with van der Waals surface area (Å²) in [6.45, 7) is 1.91. The SMILES string of the molecule is CCC(=O)/C(C#N)=C\c1cc2c(cc1Br)OCO2. The van der Waals surface area contributed by atoms with Crippen LogP contribution in [0.1, 0.15) is 18.9 Å². The lowest BCUT2D eigenvalue weighted by Gasteiger charge is -2.02. The Labute approximate surface area is 113 Å². The van der Waals surface area contributed by atoms with Crippen LogP contribution in [0.5, 0.6) is 11.5 Å². The van der Waals surface area contributed by atoms with Gasteiger partial charge in [0, 0.05) is 10.9 Å². The summed E-state index contributed by atoms with van der Waals surface area (Å²) in [5.74, 6) is 1.09. The predicted molar refractivity (Wildman–Crippen MR) is 69.2 cm³/mol. The topological polar surface area (TPSA) is 59.3 Å². The number of fused-ring (bicyclic) bond motifs is 1. The average molecular weight is 308 g/mol. The van der Waals surface area contributed by atoms with Crippen molar-refractivity contribution < 1.29 is 14.3 Å². The van der Waals surface area contributed by atoms with Gasteiger partial charge >= 0.3 is 0 Å². The van der Waals surface area contributed by atoms with E-state index in [9.17, 15) is 4.79 Å². The standard InChI is InChI=1S/C13H10BrNO3/c1-2-11(16)9(6-15)3-8-4-12-13(5-10(8)14)18-7-17-12/h3-5H,2,7H2,1H3/b9-3-. The number of carbonyl (C=O) groups excluding carboxylic acids is 1. The molecule has 92 valence electrons. The molecule has 0 atom stereocenters. The monoisotopic (exact) mass is 307 g/mol. The molecule has 1 aromatic rings. The van der Waals surface area contributed by atoms with Crippen LogP contribution in [-0.4, -0.2) is 12.6 Å². The lowest BCUT2D eigenvalue weighted by Crippen LogP contribution is -1.98. The summed E-state index contributed by atoms with van der Waals surface area (Å²) in [4.78, 5) is 11.5. The van der Waals surface area contributed by atoms with Gasteiger partial charge in [0.25, 0.3) is 0 Å². The van der Waals surface area contributed by atoms with E-state index in [0.29, 0.717) is 17.9 Å². The van der Waals surface area contributed by atoms with E-state index in [1.165, 1.54) is 0 Å². The number of hydrogen-bond donors (Lipinski definition) is 0. The molecule has 0 aromatic heterocycles.